The largest absolute Gasteiger partial charge is 0.479 e. The molecular weight excluding hydrogens is 540 g/mol. The van der Waals surface area contributed by atoms with Crippen LogP contribution in [-0.2, 0) is 39.8 Å². The number of aliphatic hydroxyl groups excluding tert-OH is 1. The second-order valence-electron chi connectivity index (χ2n) is 11.3. The van der Waals surface area contributed by atoms with E-state index in [2.05, 4.69) is 6.92 Å². The van der Waals surface area contributed by atoms with Crippen LogP contribution in [-0.4, -0.2) is 84.7 Å². The number of esters is 1. The Kier molecular flexibility index (Phi) is 10.2. The van der Waals surface area contributed by atoms with Crippen LogP contribution < -0.4 is 0 Å². The highest BCUT2D eigenvalue weighted by atomic mass is 16.8. The fourth-order valence-corrected chi connectivity index (χ4v) is 5.83. The predicted molar refractivity (Wildman–Crippen MR) is 142 cm³/mol. The number of unbranched alkanes of at least 4 members (excludes halogenated alkanes) is 1. The molecule has 8 atom stereocenters. The number of carbonyl (C=O) groups excluding carboxylic acids is 1. The van der Waals surface area contributed by atoms with Gasteiger partial charge in [-0.15, -0.1) is 0 Å². The first kappa shape index (κ1) is 32.5. The molecule has 2 heterocycles. The Hall–Kier alpha value is -3.06. The zero-order valence-electron chi connectivity index (χ0n) is 23.5. The lowest BCUT2D eigenvalue weighted by Gasteiger charge is -2.48. The summed E-state index contributed by atoms with van der Waals surface area (Å²) in [6.45, 7) is 6.06. The molecule has 4 unspecified atom stereocenters. The Labute approximate surface area is 238 Å². The van der Waals surface area contributed by atoms with Crippen LogP contribution in [0, 0.1) is 11.8 Å². The Morgan fingerprint density at radius 1 is 1.00 bits per heavy atom. The molecule has 5 N–H and O–H groups in total. The number of fused-ring (bicyclic) bond motifs is 2. The smallest absolute Gasteiger partial charge is 0.344 e. The monoisotopic (exact) mass is 580 g/mol. The van der Waals surface area contributed by atoms with Crippen LogP contribution in [0.25, 0.3) is 0 Å². The lowest BCUT2D eigenvalue weighted by Crippen LogP contribution is -2.78. The van der Waals surface area contributed by atoms with Crippen LogP contribution in [0.2, 0.25) is 0 Å². The van der Waals surface area contributed by atoms with Crippen molar-refractivity contribution in [3.05, 3.63) is 35.9 Å². The summed E-state index contributed by atoms with van der Waals surface area (Å²) in [5.74, 6) is -9.21. The van der Waals surface area contributed by atoms with Crippen molar-refractivity contribution in [3.63, 3.8) is 0 Å². The first-order chi connectivity index (χ1) is 19.2. The highest BCUT2D eigenvalue weighted by molar-refractivity contribution is 5.98. The van der Waals surface area contributed by atoms with E-state index in [0.717, 1.165) is 18.4 Å². The third-order valence-electron chi connectivity index (χ3n) is 8.29. The zero-order valence-corrected chi connectivity index (χ0v) is 23.5. The Morgan fingerprint density at radius 3 is 2.22 bits per heavy atom. The molecular formula is C29H40O12. The number of aliphatic hydroxyl groups is 2. The summed E-state index contributed by atoms with van der Waals surface area (Å²) in [4.78, 5) is 50.1. The normalized spacial score (nSPS) is 32.2. The highest BCUT2D eigenvalue weighted by Gasteiger charge is 2.85. The Bertz CT molecular complexity index is 1110. The molecule has 41 heavy (non-hydrogen) atoms. The number of carboxylic acids is 3. The third-order valence-corrected chi connectivity index (χ3v) is 8.29. The van der Waals surface area contributed by atoms with Gasteiger partial charge < -0.3 is 39.7 Å². The van der Waals surface area contributed by atoms with E-state index in [4.69, 9.17) is 14.2 Å². The minimum absolute atomic E-state index is 0.113. The highest BCUT2D eigenvalue weighted by Crippen LogP contribution is 2.55. The standard InChI is InChI=1S/C29H40O12/c1-4-17(2)16-18(3)13-14-20(30)39-22-21(31)27(15-9-8-12-19-10-6-5-7-11-19)40-23(24(32)33)28(38,25(34)35)29(22,41-27)26(36)37/h5-7,10-11,17-18,21-23,31,38H,4,8-9,12-16H2,1-3H3,(H,32,33)(H,34,35)(H,36,37)/t17-,18+,21+,22+,23?,27?,28?,29?/m0/s1. The van der Waals surface area contributed by atoms with Gasteiger partial charge in [0.2, 0.25) is 23.1 Å². The predicted octanol–water partition coefficient (Wildman–Crippen LogP) is 2.37. The van der Waals surface area contributed by atoms with Crippen molar-refractivity contribution in [2.24, 2.45) is 11.8 Å². The van der Waals surface area contributed by atoms with Crippen molar-refractivity contribution in [2.45, 2.75) is 107 Å². The molecule has 0 amide bonds. The third kappa shape index (κ3) is 6.11. The van der Waals surface area contributed by atoms with Crippen molar-refractivity contribution in [1.29, 1.82) is 0 Å². The van der Waals surface area contributed by atoms with Gasteiger partial charge in [-0.2, -0.15) is 0 Å². The van der Waals surface area contributed by atoms with Crippen molar-refractivity contribution in [2.75, 3.05) is 0 Å². The molecule has 2 aliphatic rings. The average Bonchev–Trinajstić information content (AvgIpc) is 3.14. The molecule has 2 aliphatic heterocycles. The summed E-state index contributed by atoms with van der Waals surface area (Å²) >= 11 is 0. The van der Waals surface area contributed by atoms with Crippen molar-refractivity contribution >= 4 is 23.9 Å². The number of hydrogen-bond donors (Lipinski definition) is 5. The minimum atomic E-state index is -3.76. The molecule has 2 fully saturated rings. The summed E-state index contributed by atoms with van der Waals surface area (Å²) in [7, 11) is 0. The second-order valence-corrected chi connectivity index (χ2v) is 11.3. The maximum Gasteiger partial charge on any atom is 0.344 e. The Morgan fingerprint density at radius 2 is 1.66 bits per heavy atom. The van der Waals surface area contributed by atoms with Crippen LogP contribution in [0.5, 0.6) is 0 Å². The van der Waals surface area contributed by atoms with Crippen molar-refractivity contribution < 1.29 is 58.9 Å². The molecule has 12 nitrogen and oxygen atoms in total. The minimum Gasteiger partial charge on any atom is -0.479 e. The van der Waals surface area contributed by atoms with E-state index < -0.39 is 59.2 Å². The first-order valence-electron chi connectivity index (χ1n) is 14.0. The fraction of sp³-hybridized carbons (Fsp3) is 0.655. The van der Waals surface area contributed by atoms with E-state index >= 15 is 0 Å². The number of hydrogen-bond acceptors (Lipinski definition) is 9. The zero-order chi connectivity index (χ0) is 30.6. The second kappa shape index (κ2) is 12.8. The van der Waals surface area contributed by atoms with E-state index in [-0.39, 0.29) is 25.2 Å². The molecule has 1 aromatic carbocycles. The lowest BCUT2D eigenvalue weighted by atomic mass is 9.74. The number of carbonyl (C=O) groups is 4. The number of rotatable bonds is 15. The van der Waals surface area contributed by atoms with Gasteiger partial charge in [-0.1, -0.05) is 57.5 Å². The van der Waals surface area contributed by atoms with Crippen LogP contribution in [0.3, 0.4) is 0 Å². The van der Waals surface area contributed by atoms with E-state index in [1.165, 1.54) is 0 Å². The molecule has 0 radical (unpaired) electrons. The topological polar surface area (TPSA) is 197 Å². The average molecular weight is 581 g/mol. The number of benzene rings is 1. The van der Waals surface area contributed by atoms with Gasteiger partial charge in [-0.05, 0) is 49.5 Å². The molecule has 0 aromatic heterocycles. The van der Waals surface area contributed by atoms with E-state index in [0.29, 0.717) is 25.2 Å². The number of aliphatic carboxylic acids is 3. The van der Waals surface area contributed by atoms with Gasteiger partial charge in [0.05, 0.1) is 0 Å². The van der Waals surface area contributed by atoms with Gasteiger partial charge in [0.1, 0.15) is 6.10 Å². The van der Waals surface area contributed by atoms with Gasteiger partial charge in [0, 0.05) is 12.8 Å². The van der Waals surface area contributed by atoms with E-state index in [1.807, 2.05) is 44.2 Å². The summed E-state index contributed by atoms with van der Waals surface area (Å²) in [5.41, 5.74) is -6.14. The summed E-state index contributed by atoms with van der Waals surface area (Å²) in [5, 5.41) is 52.6. The molecule has 3 rings (SSSR count). The molecule has 12 heteroatoms. The number of ether oxygens (including phenoxy) is 3. The van der Waals surface area contributed by atoms with E-state index in [1.54, 1.807) is 0 Å². The molecule has 0 saturated carbocycles. The quantitative estimate of drug-likeness (QED) is 0.150. The number of aryl methyl sites for hydroxylation is 1. The van der Waals surface area contributed by atoms with Gasteiger partial charge in [0.15, 0.2) is 6.10 Å². The van der Waals surface area contributed by atoms with Crippen molar-refractivity contribution in [1.82, 2.24) is 0 Å². The summed E-state index contributed by atoms with van der Waals surface area (Å²) in [6.07, 6.45) is -4.05. The summed E-state index contributed by atoms with van der Waals surface area (Å²) < 4.78 is 16.4. The molecule has 0 aliphatic carbocycles. The van der Waals surface area contributed by atoms with Gasteiger partial charge in [0.25, 0.3) is 0 Å². The maximum atomic E-state index is 12.9. The molecule has 1 aromatic rings. The Balaban J connectivity index is 1.92. The molecule has 2 bridgehead atoms. The van der Waals surface area contributed by atoms with Crippen LogP contribution in [0.4, 0.5) is 0 Å². The van der Waals surface area contributed by atoms with Crippen LogP contribution in [0.1, 0.15) is 71.3 Å². The fourth-order valence-electron chi connectivity index (χ4n) is 5.83. The molecule has 228 valence electrons. The van der Waals surface area contributed by atoms with Crippen molar-refractivity contribution in [3.8, 4) is 0 Å². The van der Waals surface area contributed by atoms with Gasteiger partial charge in [-0.3, -0.25) is 4.79 Å². The molecule has 2 saturated heterocycles. The van der Waals surface area contributed by atoms with Gasteiger partial charge in [-0.25, -0.2) is 14.4 Å². The summed E-state index contributed by atoms with van der Waals surface area (Å²) in [6, 6.07) is 9.38. The lowest BCUT2D eigenvalue weighted by molar-refractivity contribution is -0.374. The van der Waals surface area contributed by atoms with Crippen LogP contribution in [0.15, 0.2) is 30.3 Å². The molecule has 0 spiro atoms. The van der Waals surface area contributed by atoms with E-state index in [9.17, 15) is 44.7 Å². The first-order valence-corrected chi connectivity index (χ1v) is 14.0. The van der Waals surface area contributed by atoms with Gasteiger partial charge >= 0.3 is 23.9 Å². The number of carboxylic acid groups (broad SMARTS) is 3. The van der Waals surface area contributed by atoms with Crippen LogP contribution >= 0.6 is 0 Å². The SMILES string of the molecule is CC[C@H](C)C[C@H](C)CCC(=O)O[C@@H]1[C@@H](O)C2(CCCCc3ccccc3)OC(C(=O)O)C(O)(C(=O)O)C1(C(=O)O)O2. The maximum absolute atomic E-state index is 12.9.